The van der Waals surface area contributed by atoms with Gasteiger partial charge in [-0.2, -0.15) is 5.26 Å². The first-order chi connectivity index (χ1) is 9.83. The minimum absolute atomic E-state index is 0.0568. The zero-order valence-electron chi connectivity index (χ0n) is 10.3. The van der Waals surface area contributed by atoms with E-state index in [1.807, 2.05) is 28.7 Å². The standard InChI is InChI=1S/C13H7ClFIN2O2S/c14-10-5-8(7-17)1-4-13(10)21(19,20)18-12-3-2-9(15)6-11(12)16/h1-6,18H. The van der Waals surface area contributed by atoms with Crippen LogP contribution in [0.15, 0.2) is 41.3 Å². The van der Waals surface area contributed by atoms with E-state index in [0.717, 1.165) is 6.07 Å². The maximum atomic E-state index is 13.0. The fourth-order valence-electron chi connectivity index (χ4n) is 1.56. The third-order valence-electron chi connectivity index (χ3n) is 2.53. The first-order valence-corrected chi connectivity index (χ1v) is 8.45. The van der Waals surface area contributed by atoms with Gasteiger partial charge in [0, 0.05) is 3.57 Å². The molecule has 1 N–H and O–H groups in total. The second-order valence-electron chi connectivity index (χ2n) is 3.99. The molecule has 0 saturated carbocycles. The lowest BCUT2D eigenvalue weighted by molar-refractivity contribution is 0.601. The summed E-state index contributed by atoms with van der Waals surface area (Å²) in [5.41, 5.74) is 0.507. The second kappa shape index (κ2) is 6.17. The SMILES string of the molecule is N#Cc1ccc(S(=O)(=O)Nc2ccc(F)cc2I)c(Cl)c1. The van der Waals surface area contributed by atoms with Crippen LogP contribution in [0.1, 0.15) is 5.56 Å². The van der Waals surface area contributed by atoms with Crippen molar-refractivity contribution in [3.63, 3.8) is 0 Å². The lowest BCUT2D eigenvalue weighted by atomic mass is 10.2. The van der Waals surface area contributed by atoms with Gasteiger partial charge in [0.15, 0.2) is 0 Å². The van der Waals surface area contributed by atoms with Crippen LogP contribution in [0.25, 0.3) is 0 Å². The number of anilines is 1. The zero-order valence-corrected chi connectivity index (χ0v) is 14.0. The molecule has 0 atom stereocenters. The number of nitrogens with one attached hydrogen (secondary N) is 1. The van der Waals surface area contributed by atoms with Crippen molar-refractivity contribution < 1.29 is 12.8 Å². The van der Waals surface area contributed by atoms with E-state index >= 15 is 0 Å². The monoisotopic (exact) mass is 436 g/mol. The van der Waals surface area contributed by atoms with Gasteiger partial charge in [-0.05, 0) is 59.0 Å². The molecule has 21 heavy (non-hydrogen) atoms. The highest BCUT2D eigenvalue weighted by Gasteiger charge is 2.19. The van der Waals surface area contributed by atoms with Gasteiger partial charge in [0.25, 0.3) is 10.0 Å². The maximum Gasteiger partial charge on any atom is 0.263 e. The summed E-state index contributed by atoms with van der Waals surface area (Å²) in [6.45, 7) is 0. The Balaban J connectivity index is 2.41. The van der Waals surface area contributed by atoms with Crippen molar-refractivity contribution in [1.82, 2.24) is 0 Å². The van der Waals surface area contributed by atoms with E-state index in [2.05, 4.69) is 4.72 Å². The molecule has 2 aromatic carbocycles. The molecule has 8 heteroatoms. The number of halogens is 3. The normalized spacial score (nSPS) is 11.0. The number of hydrogen-bond donors (Lipinski definition) is 1. The van der Waals surface area contributed by atoms with Crippen LogP contribution in [0.5, 0.6) is 0 Å². The molecule has 108 valence electrons. The average molecular weight is 437 g/mol. The number of benzene rings is 2. The molecule has 0 bridgehead atoms. The van der Waals surface area contributed by atoms with Gasteiger partial charge in [-0.1, -0.05) is 11.6 Å². The summed E-state index contributed by atoms with van der Waals surface area (Å²) in [7, 11) is -3.92. The second-order valence-corrected chi connectivity index (χ2v) is 7.21. The maximum absolute atomic E-state index is 13.0. The summed E-state index contributed by atoms with van der Waals surface area (Å²) in [5.74, 6) is -0.459. The molecule has 2 aromatic rings. The van der Waals surface area contributed by atoms with E-state index in [0.29, 0.717) is 3.57 Å². The number of nitrogens with zero attached hydrogens (tertiary/aromatic N) is 1. The minimum atomic E-state index is -3.92. The van der Waals surface area contributed by atoms with E-state index in [9.17, 15) is 12.8 Å². The van der Waals surface area contributed by atoms with E-state index in [4.69, 9.17) is 16.9 Å². The van der Waals surface area contributed by atoms with E-state index in [-0.39, 0.29) is 21.2 Å². The Kier molecular flexibility index (Phi) is 4.70. The molecule has 0 aromatic heterocycles. The molecule has 0 aliphatic rings. The van der Waals surface area contributed by atoms with Gasteiger partial charge < -0.3 is 0 Å². The molecule has 0 heterocycles. The quantitative estimate of drug-likeness (QED) is 0.745. The Bertz CT molecular complexity index is 850. The summed E-state index contributed by atoms with van der Waals surface area (Å²) in [6, 6.07) is 9.43. The smallest absolute Gasteiger partial charge is 0.263 e. The fourth-order valence-corrected chi connectivity index (χ4v) is 3.98. The third-order valence-corrected chi connectivity index (χ3v) is 5.27. The summed E-state index contributed by atoms with van der Waals surface area (Å²) >= 11 is 7.71. The van der Waals surface area contributed by atoms with Crippen molar-refractivity contribution in [2.45, 2.75) is 4.90 Å². The number of sulfonamides is 1. The number of rotatable bonds is 3. The van der Waals surface area contributed by atoms with Crippen molar-refractivity contribution in [1.29, 1.82) is 5.26 Å². The average Bonchev–Trinajstić information content (AvgIpc) is 2.41. The van der Waals surface area contributed by atoms with Crippen LogP contribution in [0.4, 0.5) is 10.1 Å². The first-order valence-electron chi connectivity index (χ1n) is 5.51. The van der Waals surface area contributed by atoms with Crippen LogP contribution in [-0.2, 0) is 10.0 Å². The Hall–Kier alpha value is -1.37. The predicted molar refractivity (Wildman–Crippen MR) is 86.1 cm³/mol. The first kappa shape index (κ1) is 16.0. The van der Waals surface area contributed by atoms with E-state index in [1.165, 1.54) is 30.3 Å². The summed E-state index contributed by atoms with van der Waals surface area (Å²) in [5, 5.41) is 8.69. The molecule has 4 nitrogen and oxygen atoms in total. The van der Waals surface area contributed by atoms with Crippen molar-refractivity contribution in [3.8, 4) is 6.07 Å². The molecule has 2 rings (SSSR count). The Morgan fingerprint density at radius 1 is 1.24 bits per heavy atom. The van der Waals surface area contributed by atoms with Gasteiger partial charge in [-0.3, -0.25) is 4.72 Å². The van der Waals surface area contributed by atoms with Crippen molar-refractivity contribution in [2.75, 3.05) is 4.72 Å². The van der Waals surface area contributed by atoms with Gasteiger partial charge in [0.1, 0.15) is 10.7 Å². The fraction of sp³-hybridized carbons (Fsp3) is 0. The molecule has 0 saturated heterocycles. The van der Waals surface area contributed by atoms with Crippen LogP contribution in [0.2, 0.25) is 5.02 Å². The van der Waals surface area contributed by atoms with Crippen molar-refractivity contribution >= 4 is 49.9 Å². The third kappa shape index (κ3) is 3.64. The van der Waals surface area contributed by atoms with Gasteiger partial charge in [0.2, 0.25) is 0 Å². The van der Waals surface area contributed by atoms with Crippen LogP contribution < -0.4 is 4.72 Å². The molecule has 0 fully saturated rings. The summed E-state index contributed by atoms with van der Waals surface area (Å²) in [4.78, 5) is -0.150. The van der Waals surface area contributed by atoms with Gasteiger partial charge in [-0.25, -0.2) is 12.8 Å². The number of hydrogen-bond acceptors (Lipinski definition) is 3. The van der Waals surface area contributed by atoms with Crippen molar-refractivity contribution in [3.05, 3.63) is 56.4 Å². The molecule has 0 amide bonds. The Morgan fingerprint density at radius 3 is 2.52 bits per heavy atom. The molecule has 0 aliphatic heterocycles. The highest BCUT2D eigenvalue weighted by Crippen LogP contribution is 2.27. The zero-order chi connectivity index (χ0) is 15.6. The Labute approximate surface area is 139 Å². The number of nitriles is 1. The van der Waals surface area contributed by atoms with Crippen LogP contribution in [0.3, 0.4) is 0 Å². The molecule has 0 aliphatic carbocycles. The van der Waals surface area contributed by atoms with Gasteiger partial charge in [-0.15, -0.1) is 0 Å². The highest BCUT2D eigenvalue weighted by atomic mass is 127. The lowest BCUT2D eigenvalue weighted by Crippen LogP contribution is -2.14. The predicted octanol–water partition coefficient (Wildman–Crippen LogP) is 3.76. The molecular weight excluding hydrogens is 430 g/mol. The molecule has 0 radical (unpaired) electrons. The molecular formula is C13H7ClFIN2O2S. The summed E-state index contributed by atoms with van der Waals surface area (Å²) in [6.07, 6.45) is 0. The minimum Gasteiger partial charge on any atom is -0.279 e. The lowest BCUT2D eigenvalue weighted by Gasteiger charge is -2.11. The van der Waals surface area contributed by atoms with Gasteiger partial charge >= 0.3 is 0 Å². The molecule has 0 unspecified atom stereocenters. The summed E-state index contributed by atoms with van der Waals surface area (Å²) < 4.78 is 40.3. The highest BCUT2D eigenvalue weighted by molar-refractivity contribution is 14.1. The van der Waals surface area contributed by atoms with Crippen molar-refractivity contribution in [2.24, 2.45) is 0 Å². The van der Waals surface area contributed by atoms with E-state index in [1.54, 1.807) is 0 Å². The largest absolute Gasteiger partial charge is 0.279 e. The molecule has 0 spiro atoms. The van der Waals surface area contributed by atoms with Gasteiger partial charge in [0.05, 0.1) is 22.3 Å². The van der Waals surface area contributed by atoms with Crippen LogP contribution >= 0.6 is 34.2 Å². The van der Waals surface area contributed by atoms with Crippen LogP contribution in [-0.4, -0.2) is 8.42 Å². The van der Waals surface area contributed by atoms with E-state index < -0.39 is 15.8 Å². The van der Waals surface area contributed by atoms with Crippen LogP contribution in [0, 0.1) is 20.7 Å². The topological polar surface area (TPSA) is 70.0 Å². The Morgan fingerprint density at radius 2 is 1.95 bits per heavy atom.